The van der Waals surface area contributed by atoms with Crippen LogP contribution < -0.4 is 4.90 Å². The van der Waals surface area contributed by atoms with E-state index in [1.165, 1.54) is 0 Å². The largest absolute Gasteiger partial charge is 0.353 e. The molecule has 0 saturated carbocycles. The zero-order chi connectivity index (χ0) is 18.5. The highest BCUT2D eigenvalue weighted by atomic mass is 32.1. The molecule has 0 amide bonds. The lowest BCUT2D eigenvalue weighted by molar-refractivity contribution is 0.282. The minimum absolute atomic E-state index is 0.711. The Kier molecular flexibility index (Phi) is 6.17. The molecule has 0 aromatic carbocycles. The summed E-state index contributed by atoms with van der Waals surface area (Å²) in [6, 6.07) is 2.39. The lowest BCUT2D eigenvalue weighted by Crippen LogP contribution is -2.32. The number of anilines is 1. The SMILES string of the molecule is CCc1nnc(N2CCCN(Cc3csc(C)n3)CC2)c(C#N)c1CC. The molecule has 0 unspecified atom stereocenters. The highest BCUT2D eigenvalue weighted by molar-refractivity contribution is 7.09. The fraction of sp³-hybridized carbons (Fsp3) is 0.579. The fourth-order valence-corrected chi connectivity index (χ4v) is 4.16. The van der Waals surface area contributed by atoms with Crippen molar-refractivity contribution in [3.05, 3.63) is 32.9 Å². The van der Waals surface area contributed by atoms with Gasteiger partial charge in [-0.15, -0.1) is 16.4 Å². The number of thiazole rings is 1. The van der Waals surface area contributed by atoms with Gasteiger partial charge in [-0.05, 0) is 31.7 Å². The standard InChI is InChI=1S/C19H26N6S/c1-4-16-17(11-20)19(23-22-18(16)5-2)25-8-6-7-24(9-10-25)12-15-13-26-14(3)21-15/h13H,4-10,12H2,1-3H3. The van der Waals surface area contributed by atoms with Crippen LogP contribution in [-0.4, -0.2) is 46.3 Å². The van der Waals surface area contributed by atoms with Crippen LogP contribution in [0.25, 0.3) is 0 Å². The second-order valence-electron chi connectivity index (χ2n) is 6.62. The van der Waals surface area contributed by atoms with E-state index in [2.05, 4.69) is 50.3 Å². The average molecular weight is 371 g/mol. The maximum absolute atomic E-state index is 9.74. The van der Waals surface area contributed by atoms with Gasteiger partial charge < -0.3 is 4.90 Å². The van der Waals surface area contributed by atoms with Crippen molar-refractivity contribution in [2.24, 2.45) is 0 Å². The number of nitrogens with zero attached hydrogens (tertiary/aromatic N) is 6. The van der Waals surface area contributed by atoms with Crippen molar-refractivity contribution < 1.29 is 0 Å². The minimum atomic E-state index is 0.711. The zero-order valence-electron chi connectivity index (χ0n) is 15.8. The Morgan fingerprint density at radius 2 is 2.00 bits per heavy atom. The topological polar surface area (TPSA) is 68.9 Å². The monoisotopic (exact) mass is 370 g/mol. The molecule has 2 aromatic rings. The number of nitriles is 1. The normalized spacial score (nSPS) is 15.7. The maximum Gasteiger partial charge on any atom is 0.169 e. The molecule has 1 fully saturated rings. The van der Waals surface area contributed by atoms with Crippen molar-refractivity contribution in [1.29, 1.82) is 5.26 Å². The summed E-state index contributed by atoms with van der Waals surface area (Å²) in [5.74, 6) is 0.757. The number of hydrogen-bond donors (Lipinski definition) is 0. The Hall–Kier alpha value is -2.04. The Labute approximate surface area is 159 Å². The molecule has 3 heterocycles. The third-order valence-electron chi connectivity index (χ3n) is 4.88. The third-order valence-corrected chi connectivity index (χ3v) is 5.70. The van der Waals surface area contributed by atoms with E-state index in [0.717, 1.165) is 79.8 Å². The quantitative estimate of drug-likeness (QED) is 0.806. The van der Waals surface area contributed by atoms with Gasteiger partial charge in [-0.25, -0.2) is 4.98 Å². The van der Waals surface area contributed by atoms with E-state index in [4.69, 9.17) is 0 Å². The van der Waals surface area contributed by atoms with Crippen LogP contribution in [0.3, 0.4) is 0 Å². The van der Waals surface area contributed by atoms with E-state index in [0.29, 0.717) is 5.56 Å². The number of rotatable bonds is 5. The highest BCUT2D eigenvalue weighted by Crippen LogP contribution is 2.24. The zero-order valence-corrected chi connectivity index (χ0v) is 16.6. The molecule has 2 aromatic heterocycles. The number of hydrogen-bond acceptors (Lipinski definition) is 7. The summed E-state index contributed by atoms with van der Waals surface area (Å²) in [6.45, 7) is 10.8. The number of aromatic nitrogens is 3. The molecule has 1 saturated heterocycles. The Morgan fingerprint density at radius 1 is 1.15 bits per heavy atom. The fourth-order valence-electron chi connectivity index (χ4n) is 3.55. The molecule has 6 nitrogen and oxygen atoms in total. The van der Waals surface area contributed by atoms with Crippen molar-refractivity contribution in [2.45, 2.75) is 46.6 Å². The number of aryl methyl sites for hydroxylation is 2. The van der Waals surface area contributed by atoms with Crippen molar-refractivity contribution in [2.75, 3.05) is 31.1 Å². The molecule has 0 aliphatic carbocycles. The van der Waals surface area contributed by atoms with Gasteiger partial charge in [0.15, 0.2) is 5.82 Å². The molecule has 138 valence electrons. The first-order valence-corrected chi connectivity index (χ1v) is 10.2. The Balaban J connectivity index is 1.76. The van der Waals surface area contributed by atoms with Crippen LogP contribution in [-0.2, 0) is 19.4 Å². The van der Waals surface area contributed by atoms with Gasteiger partial charge >= 0.3 is 0 Å². The van der Waals surface area contributed by atoms with E-state index in [1.807, 2.05) is 6.92 Å². The van der Waals surface area contributed by atoms with Gasteiger partial charge in [0.05, 0.1) is 16.4 Å². The average Bonchev–Trinajstić information content (AvgIpc) is 2.92. The predicted octanol–water partition coefficient (Wildman–Crippen LogP) is 2.95. The molecular formula is C19H26N6S. The van der Waals surface area contributed by atoms with Crippen LogP contribution >= 0.6 is 11.3 Å². The summed E-state index contributed by atoms with van der Waals surface area (Å²) >= 11 is 1.71. The Morgan fingerprint density at radius 3 is 2.65 bits per heavy atom. The van der Waals surface area contributed by atoms with E-state index in [-0.39, 0.29) is 0 Å². The van der Waals surface area contributed by atoms with E-state index in [9.17, 15) is 5.26 Å². The van der Waals surface area contributed by atoms with Crippen LogP contribution in [0.4, 0.5) is 5.82 Å². The predicted molar refractivity (Wildman–Crippen MR) is 104 cm³/mol. The smallest absolute Gasteiger partial charge is 0.169 e. The van der Waals surface area contributed by atoms with Gasteiger partial charge in [0.25, 0.3) is 0 Å². The van der Waals surface area contributed by atoms with Gasteiger partial charge in [-0.2, -0.15) is 10.4 Å². The molecule has 7 heteroatoms. The lowest BCUT2D eigenvalue weighted by Gasteiger charge is -2.24. The van der Waals surface area contributed by atoms with Crippen LogP contribution in [0.1, 0.15) is 47.8 Å². The summed E-state index contributed by atoms with van der Waals surface area (Å²) < 4.78 is 0. The molecule has 3 rings (SSSR count). The molecule has 0 spiro atoms. The van der Waals surface area contributed by atoms with Gasteiger partial charge in [-0.3, -0.25) is 4.90 Å². The molecule has 0 bridgehead atoms. The summed E-state index contributed by atoms with van der Waals surface area (Å²) in [5, 5.41) is 21.8. The molecule has 0 atom stereocenters. The van der Waals surface area contributed by atoms with Crippen LogP contribution in [0, 0.1) is 18.3 Å². The van der Waals surface area contributed by atoms with E-state index >= 15 is 0 Å². The second kappa shape index (κ2) is 8.56. The minimum Gasteiger partial charge on any atom is -0.353 e. The third kappa shape index (κ3) is 4.02. The van der Waals surface area contributed by atoms with Gasteiger partial charge in [-0.1, -0.05) is 13.8 Å². The summed E-state index contributed by atoms with van der Waals surface area (Å²) in [4.78, 5) is 9.25. The van der Waals surface area contributed by atoms with Crippen LogP contribution in [0.15, 0.2) is 5.38 Å². The van der Waals surface area contributed by atoms with E-state index in [1.54, 1.807) is 11.3 Å². The summed E-state index contributed by atoms with van der Waals surface area (Å²) in [7, 11) is 0. The van der Waals surface area contributed by atoms with Crippen molar-refractivity contribution >= 4 is 17.2 Å². The molecule has 26 heavy (non-hydrogen) atoms. The molecular weight excluding hydrogens is 344 g/mol. The second-order valence-corrected chi connectivity index (χ2v) is 7.68. The van der Waals surface area contributed by atoms with Crippen molar-refractivity contribution in [3.63, 3.8) is 0 Å². The van der Waals surface area contributed by atoms with E-state index < -0.39 is 0 Å². The van der Waals surface area contributed by atoms with Gasteiger partial charge in [0.1, 0.15) is 11.6 Å². The lowest BCUT2D eigenvalue weighted by atomic mass is 10.0. The summed E-state index contributed by atoms with van der Waals surface area (Å²) in [6.07, 6.45) is 2.68. The van der Waals surface area contributed by atoms with Crippen molar-refractivity contribution in [1.82, 2.24) is 20.1 Å². The van der Waals surface area contributed by atoms with Crippen LogP contribution in [0.2, 0.25) is 0 Å². The first-order valence-electron chi connectivity index (χ1n) is 9.33. The Bertz CT molecular complexity index is 794. The van der Waals surface area contributed by atoms with Crippen molar-refractivity contribution in [3.8, 4) is 6.07 Å². The van der Waals surface area contributed by atoms with Crippen LogP contribution in [0.5, 0.6) is 0 Å². The van der Waals surface area contributed by atoms with Gasteiger partial charge in [0.2, 0.25) is 0 Å². The maximum atomic E-state index is 9.74. The van der Waals surface area contributed by atoms with Gasteiger partial charge in [0, 0.05) is 38.1 Å². The highest BCUT2D eigenvalue weighted by Gasteiger charge is 2.22. The molecule has 1 aliphatic heterocycles. The first kappa shape index (κ1) is 18.7. The first-order chi connectivity index (χ1) is 12.7. The summed E-state index contributed by atoms with van der Waals surface area (Å²) in [5.41, 5.74) is 3.86. The molecule has 0 radical (unpaired) electrons. The molecule has 0 N–H and O–H groups in total. The molecule has 1 aliphatic rings.